The highest BCUT2D eigenvalue weighted by Gasteiger charge is 2.26. The van der Waals surface area contributed by atoms with E-state index in [0.29, 0.717) is 0 Å². The third-order valence-electron chi connectivity index (χ3n) is 27.8. The number of imidazole rings is 1. The van der Waals surface area contributed by atoms with Crippen LogP contribution in [0, 0.1) is 0 Å². The van der Waals surface area contributed by atoms with Gasteiger partial charge in [0.2, 0.25) is 0 Å². The Bertz CT molecular complexity index is 10300. The summed E-state index contributed by atoms with van der Waals surface area (Å²) in [6.07, 6.45) is 4.99. The molecule has 0 fully saturated rings. The van der Waals surface area contributed by atoms with Gasteiger partial charge in [-0.25, -0.2) is 19.9 Å². The zero-order valence-corrected chi connectivity index (χ0v) is 78.6. The topological polar surface area (TPSA) is 102 Å². The Morgan fingerprint density at radius 1 is 0.207 bits per heavy atom. The van der Waals surface area contributed by atoms with Gasteiger partial charge in [-0.05, 0) is 192 Å². The molecule has 0 N–H and O–H groups in total. The maximum atomic E-state index is 5.84. The molecule has 12 heterocycles. The van der Waals surface area contributed by atoms with E-state index in [0.717, 1.165) is 89.4 Å². The molecule has 0 unspecified atom stereocenters. The zero-order valence-electron chi connectivity index (χ0n) is 74.5. The molecule has 0 amide bonds. The number of nitrogens with zero attached hydrogens (tertiary/aromatic N) is 9. The molecule has 140 heavy (non-hydrogen) atoms. The van der Waals surface area contributed by atoms with Crippen molar-refractivity contribution in [2.45, 2.75) is 0 Å². The first-order valence-electron chi connectivity index (χ1n) is 46.6. The first kappa shape index (κ1) is 80.1. The van der Waals surface area contributed by atoms with Crippen LogP contribution in [0.15, 0.2) is 452 Å². The molecule has 32 aromatic rings. The average Bonchev–Trinajstić information content (AvgIpc) is 1.58. The van der Waals surface area contributed by atoms with Crippen LogP contribution in [0.25, 0.3) is 273 Å². The molecule has 12 aromatic heterocycles. The Morgan fingerprint density at radius 3 is 1.07 bits per heavy atom. The highest BCUT2D eigenvalue weighted by Crippen LogP contribution is 2.49. The minimum absolute atomic E-state index is 0.786. The zero-order chi connectivity index (χ0) is 91.7. The fourth-order valence-corrected chi connectivity index (χ4v) is 26.7. The summed E-state index contributed by atoms with van der Waals surface area (Å²) >= 11 is 9.16. The van der Waals surface area contributed by atoms with Gasteiger partial charge in [0.05, 0.1) is 76.8 Å². The Morgan fingerprint density at radius 2 is 0.593 bits per heavy atom. The van der Waals surface area contributed by atoms with E-state index in [1.165, 1.54) is 190 Å². The Hall–Kier alpha value is -17.2. The summed E-state index contributed by atoms with van der Waals surface area (Å²) < 4.78 is 35.1. The van der Waals surface area contributed by atoms with E-state index in [4.69, 9.17) is 18.8 Å². The summed E-state index contributed by atoms with van der Waals surface area (Å²) in [6.45, 7) is 0. The van der Waals surface area contributed by atoms with E-state index in [9.17, 15) is 0 Å². The predicted octanol–water partition coefficient (Wildman–Crippen LogP) is 35.8. The minimum atomic E-state index is 0.786. The van der Waals surface area contributed by atoms with E-state index in [1.54, 1.807) is 17.7 Å². The number of oxazole rings is 2. The van der Waals surface area contributed by atoms with Crippen molar-refractivity contribution < 1.29 is 8.83 Å². The minimum Gasteiger partial charge on any atom is -0.443 e. The Balaban J connectivity index is 0.0000000896. The van der Waals surface area contributed by atoms with Crippen LogP contribution in [0.5, 0.6) is 0 Å². The van der Waals surface area contributed by atoms with Gasteiger partial charge in [-0.2, -0.15) is 0 Å². The first-order valence-corrected chi connectivity index (χ1v) is 50.7. The SMILES string of the molecule is c1ccc(-c2cc(-n3c4ccccc4c4cc5sc6ccccc6c5cc43)c3ncoc3c2)cc1.c1ccc(-c2cc(-n3c4ccccc4c4cc5sc6ccccc6c5cc43)c3ncsc3c2)cc1.c1ccc(-c2cc(-n3c4ccccc4c4cc5sc6ccccc6c5cc43)cc3ncoc23)cc1.c1ccc(-n2cnc3cc(-n4c5ccccc5c5cc6sc7ccccc7c6cc54)ccc32)cc1. The van der Waals surface area contributed by atoms with E-state index < -0.39 is 0 Å². The van der Waals surface area contributed by atoms with Crippen molar-refractivity contribution in [1.29, 1.82) is 0 Å². The van der Waals surface area contributed by atoms with Crippen molar-refractivity contribution in [3.05, 3.63) is 443 Å². The third-order valence-corrected chi connectivity index (χ3v) is 33.1. The third kappa shape index (κ3) is 12.9. The van der Waals surface area contributed by atoms with Crippen LogP contribution in [-0.4, -0.2) is 42.8 Å². The van der Waals surface area contributed by atoms with Gasteiger partial charge in [-0.1, -0.05) is 255 Å². The van der Waals surface area contributed by atoms with E-state index in [2.05, 4.69) is 433 Å². The lowest BCUT2D eigenvalue weighted by atomic mass is 10.0. The van der Waals surface area contributed by atoms with Crippen LogP contribution in [0.3, 0.4) is 0 Å². The van der Waals surface area contributed by atoms with Crippen LogP contribution in [0.1, 0.15) is 0 Å². The molecule has 11 nitrogen and oxygen atoms in total. The van der Waals surface area contributed by atoms with Crippen molar-refractivity contribution in [3.63, 3.8) is 0 Å². The molecular weight excluding hydrogens is 1810 g/mol. The molecule has 0 saturated heterocycles. The molecule has 656 valence electrons. The van der Waals surface area contributed by atoms with Gasteiger partial charge in [0.15, 0.2) is 24.0 Å². The fraction of sp³-hybridized carbons (Fsp3) is 0. The molecule has 0 saturated carbocycles. The van der Waals surface area contributed by atoms with Gasteiger partial charge in [-0.3, -0.25) is 4.57 Å². The average molecular weight is 1880 g/mol. The first-order chi connectivity index (χ1) is 69.4. The maximum Gasteiger partial charge on any atom is 0.182 e. The molecule has 32 rings (SSSR count). The molecule has 0 atom stereocenters. The van der Waals surface area contributed by atoms with Gasteiger partial charge in [-0.15, -0.1) is 56.7 Å². The second-order valence-corrected chi connectivity index (χ2v) is 40.8. The van der Waals surface area contributed by atoms with E-state index in [1.807, 2.05) is 75.4 Å². The van der Waals surface area contributed by atoms with Gasteiger partial charge in [0.1, 0.15) is 22.9 Å². The molecule has 20 aromatic carbocycles. The number of rotatable bonds is 8. The molecule has 16 heteroatoms. The van der Waals surface area contributed by atoms with Crippen LogP contribution < -0.4 is 0 Å². The van der Waals surface area contributed by atoms with Crippen molar-refractivity contribution in [2.24, 2.45) is 0 Å². The molecule has 0 bridgehead atoms. The number of thiazole rings is 1. The molecule has 0 spiro atoms. The summed E-state index contributed by atoms with van der Waals surface area (Å²) in [5.41, 5.74) is 30.4. The second kappa shape index (κ2) is 32.2. The van der Waals surface area contributed by atoms with Crippen LogP contribution in [0.2, 0.25) is 0 Å². The highest BCUT2D eigenvalue weighted by atomic mass is 32.1. The molecule has 0 aliphatic carbocycles. The van der Waals surface area contributed by atoms with Crippen LogP contribution in [-0.2, 0) is 0 Å². The van der Waals surface area contributed by atoms with Gasteiger partial charge >= 0.3 is 0 Å². The second-order valence-electron chi connectivity index (χ2n) is 35.6. The number of hydrogen-bond donors (Lipinski definition) is 0. The van der Waals surface area contributed by atoms with Crippen LogP contribution >= 0.6 is 56.7 Å². The quantitative estimate of drug-likeness (QED) is 0.150. The van der Waals surface area contributed by atoms with E-state index >= 15 is 0 Å². The number of fused-ring (bicyclic) bond motifs is 28. The molecule has 0 aliphatic rings. The number of hydrogen-bond acceptors (Lipinski definition) is 11. The number of benzene rings is 20. The lowest BCUT2D eigenvalue weighted by Crippen LogP contribution is -1.96. The molecule has 0 aliphatic heterocycles. The summed E-state index contributed by atoms with van der Waals surface area (Å²) in [5.74, 6) is 0. The summed E-state index contributed by atoms with van der Waals surface area (Å²) in [7, 11) is 0. The summed E-state index contributed by atoms with van der Waals surface area (Å²) in [6, 6.07) is 150. The van der Waals surface area contributed by atoms with Crippen LogP contribution in [0.4, 0.5) is 0 Å². The molecule has 0 radical (unpaired) electrons. The fourth-order valence-electron chi connectivity index (χ4n) is 21.5. The molecular formula is C124H73N9O2S5. The lowest BCUT2D eigenvalue weighted by molar-refractivity contribution is 0.602. The monoisotopic (exact) mass is 1880 g/mol. The maximum absolute atomic E-state index is 5.84. The summed E-state index contributed by atoms with van der Waals surface area (Å²) in [5, 5.41) is 20.6. The van der Waals surface area contributed by atoms with Crippen molar-refractivity contribution >= 4 is 268 Å². The largest absolute Gasteiger partial charge is 0.443 e. The van der Waals surface area contributed by atoms with Gasteiger partial charge < -0.3 is 27.1 Å². The van der Waals surface area contributed by atoms with Gasteiger partial charge in [0, 0.05) is 146 Å². The number of thiophene rings is 4. The number of aromatic nitrogens is 9. The van der Waals surface area contributed by atoms with Crippen molar-refractivity contribution in [3.8, 4) is 61.8 Å². The smallest absolute Gasteiger partial charge is 0.182 e. The Kier molecular flexibility index (Phi) is 18.4. The normalized spacial score (nSPS) is 12.0. The van der Waals surface area contributed by atoms with Crippen molar-refractivity contribution in [2.75, 3.05) is 0 Å². The summed E-state index contributed by atoms with van der Waals surface area (Å²) in [4.78, 5) is 18.8. The lowest BCUT2D eigenvalue weighted by Gasteiger charge is -2.12. The highest BCUT2D eigenvalue weighted by molar-refractivity contribution is 7.27. The van der Waals surface area contributed by atoms with E-state index in [-0.39, 0.29) is 0 Å². The van der Waals surface area contributed by atoms with Crippen molar-refractivity contribution in [1.82, 2.24) is 42.8 Å². The van der Waals surface area contributed by atoms with Gasteiger partial charge in [0.25, 0.3) is 0 Å². The Labute approximate surface area is 817 Å². The number of para-hydroxylation sites is 5. The predicted molar refractivity (Wildman–Crippen MR) is 594 cm³/mol. The standard InChI is InChI=1S/C31H19N3S.2C31H18N2OS.C31H18N2S2/c1-2-8-20(9-3-1)33-19-32-26-16-21(14-15-28(26)33)34-27-12-6-4-10-22(27)24-18-31-25(17-29(24)34)23-11-5-7-13-30(23)35-31;1-2-8-19(9-3-1)23-14-20(15-26-31(23)34-18-32-26)33-27-12-6-4-10-21(27)24-17-30-25(16-28(24)33)22-11-5-7-13-29(22)35-30;1-2-8-19(9-3-1)20-14-27(31-28(15-20)34-18-32-31)33-25-12-6-4-10-21(25)23-17-30-24(16-26(23)33)22-11-5-7-13-29(22)35-30;1-2-8-19(9-3-1)20-14-27(31-30(15-20)34-18-32-31)33-25-12-6-4-10-21(25)23-17-29-24(16-26(23)33)22-11-5-7-13-28(22)35-29/h1-19H;3*1-18H.